The Balaban J connectivity index is 1.87. The molecule has 23 heavy (non-hydrogen) atoms. The van der Waals surface area contributed by atoms with Crippen LogP contribution < -0.4 is 0 Å². The summed E-state index contributed by atoms with van der Waals surface area (Å²) < 4.78 is 11.6. The van der Waals surface area contributed by atoms with Crippen molar-refractivity contribution < 1.29 is 19.7 Å². The van der Waals surface area contributed by atoms with Crippen molar-refractivity contribution in [2.45, 2.75) is 11.9 Å². The largest absolute Gasteiger partial charge is 0.508 e. The molecule has 0 aliphatic carbocycles. The lowest BCUT2D eigenvalue weighted by atomic mass is 9.94. The maximum Gasteiger partial charge on any atom is 0.182 e. The summed E-state index contributed by atoms with van der Waals surface area (Å²) in [5.74, 6) is 0.749. The molecule has 0 spiro atoms. The van der Waals surface area contributed by atoms with E-state index in [4.69, 9.17) is 9.47 Å². The van der Waals surface area contributed by atoms with E-state index in [1.807, 2.05) is 30.3 Å². The second-order valence-corrected chi connectivity index (χ2v) is 5.52. The van der Waals surface area contributed by atoms with Crippen LogP contribution in [0.15, 0.2) is 48.5 Å². The molecule has 1 fully saturated rings. The van der Waals surface area contributed by atoms with Crippen molar-refractivity contribution in [2.24, 2.45) is 0 Å². The van der Waals surface area contributed by atoms with Gasteiger partial charge in [0.05, 0.1) is 24.2 Å². The number of rotatable bonds is 3. The Bertz CT molecular complexity index is 833. The van der Waals surface area contributed by atoms with Gasteiger partial charge in [-0.05, 0) is 17.7 Å². The van der Waals surface area contributed by atoms with Crippen LogP contribution in [0, 0.1) is 0 Å². The molecule has 1 aromatic heterocycles. The molecule has 6 nitrogen and oxygen atoms in total. The smallest absolute Gasteiger partial charge is 0.182 e. The fourth-order valence-electron chi connectivity index (χ4n) is 2.90. The van der Waals surface area contributed by atoms with E-state index in [-0.39, 0.29) is 19.0 Å². The first-order valence-corrected chi connectivity index (χ1v) is 7.36. The maximum absolute atomic E-state index is 9.63. The predicted octanol–water partition coefficient (Wildman–Crippen LogP) is 1.88. The monoisotopic (exact) mass is 312 g/mol. The lowest BCUT2D eigenvalue weighted by Crippen LogP contribution is -2.32. The van der Waals surface area contributed by atoms with Crippen LogP contribution in [0.2, 0.25) is 0 Å². The third-order valence-corrected chi connectivity index (χ3v) is 4.04. The number of hydrogen-bond acceptors (Lipinski definition) is 5. The highest BCUT2D eigenvalue weighted by molar-refractivity contribution is 5.77. The van der Waals surface area contributed by atoms with Crippen LogP contribution in [0.3, 0.4) is 0 Å². The van der Waals surface area contributed by atoms with Gasteiger partial charge in [0.1, 0.15) is 11.6 Å². The number of imidazole rings is 1. The molecular weight excluding hydrogens is 296 g/mol. The third kappa shape index (κ3) is 2.28. The zero-order chi connectivity index (χ0) is 15.9. The van der Waals surface area contributed by atoms with Crippen LogP contribution in [0.1, 0.15) is 11.4 Å². The topological polar surface area (TPSA) is 87.6 Å². The van der Waals surface area contributed by atoms with Crippen LogP contribution in [0.5, 0.6) is 5.75 Å². The highest BCUT2D eigenvalue weighted by Crippen LogP contribution is 2.39. The summed E-state index contributed by atoms with van der Waals surface area (Å²) in [6.07, 6.45) is -0.697. The number of nitrogens with one attached hydrogen (secondary N) is 1. The van der Waals surface area contributed by atoms with Crippen LogP contribution in [0.4, 0.5) is 0 Å². The molecule has 1 aliphatic rings. The van der Waals surface area contributed by atoms with Gasteiger partial charge in [0.2, 0.25) is 0 Å². The molecule has 0 unspecified atom stereocenters. The van der Waals surface area contributed by atoms with Gasteiger partial charge in [0.25, 0.3) is 0 Å². The fraction of sp³-hybridized carbons (Fsp3) is 0.235. The Morgan fingerprint density at radius 1 is 1.22 bits per heavy atom. The minimum absolute atomic E-state index is 0.165. The molecule has 2 atom stereocenters. The Morgan fingerprint density at radius 2 is 2.04 bits per heavy atom. The molecule has 2 aromatic carbocycles. The number of aliphatic hydroxyl groups excluding tert-OH is 1. The average Bonchev–Trinajstić information content (AvgIpc) is 3.20. The lowest BCUT2D eigenvalue weighted by Gasteiger charge is -2.25. The number of benzene rings is 2. The van der Waals surface area contributed by atoms with Crippen molar-refractivity contribution >= 4 is 11.0 Å². The van der Waals surface area contributed by atoms with E-state index in [2.05, 4.69) is 9.97 Å². The number of aliphatic hydroxyl groups is 1. The Morgan fingerprint density at radius 3 is 2.78 bits per heavy atom. The summed E-state index contributed by atoms with van der Waals surface area (Å²) in [5, 5.41) is 19.0. The number of nitrogens with zero attached hydrogens (tertiary/aromatic N) is 1. The molecule has 0 radical (unpaired) electrons. The molecule has 4 rings (SSSR count). The van der Waals surface area contributed by atoms with Crippen molar-refractivity contribution in [3.05, 3.63) is 59.9 Å². The van der Waals surface area contributed by atoms with E-state index in [1.165, 1.54) is 0 Å². The normalized spacial score (nSPS) is 24.3. The SMILES string of the molecule is OC[C@@H]1OC[C@](c2ccccc2)(c2nc3ccc(O)cc3[nH]2)O1. The summed E-state index contributed by atoms with van der Waals surface area (Å²) in [6.45, 7) is 0.0175. The second kappa shape index (κ2) is 5.34. The van der Waals surface area contributed by atoms with Gasteiger partial charge in [-0.3, -0.25) is 0 Å². The summed E-state index contributed by atoms with van der Waals surface area (Å²) in [5.41, 5.74) is 1.42. The molecule has 0 bridgehead atoms. The second-order valence-electron chi connectivity index (χ2n) is 5.52. The number of fused-ring (bicyclic) bond motifs is 1. The molecule has 118 valence electrons. The molecule has 6 heteroatoms. The van der Waals surface area contributed by atoms with Crippen LogP contribution in [0.25, 0.3) is 11.0 Å². The van der Waals surface area contributed by atoms with E-state index < -0.39 is 11.9 Å². The fourth-order valence-corrected chi connectivity index (χ4v) is 2.90. The number of ether oxygens (including phenoxy) is 2. The number of H-pyrrole nitrogens is 1. The summed E-state index contributed by atoms with van der Waals surface area (Å²) in [4.78, 5) is 7.80. The first-order chi connectivity index (χ1) is 11.2. The molecule has 0 saturated carbocycles. The third-order valence-electron chi connectivity index (χ3n) is 4.04. The number of phenolic OH excluding ortho intramolecular Hbond substituents is 1. The molecule has 3 aromatic rings. The van der Waals surface area contributed by atoms with Gasteiger partial charge >= 0.3 is 0 Å². The van der Waals surface area contributed by atoms with Gasteiger partial charge in [-0.2, -0.15) is 0 Å². The van der Waals surface area contributed by atoms with Crippen molar-refractivity contribution in [1.82, 2.24) is 9.97 Å². The highest BCUT2D eigenvalue weighted by Gasteiger charge is 2.46. The number of aromatic amines is 1. The average molecular weight is 312 g/mol. The van der Waals surface area contributed by atoms with Gasteiger partial charge in [0.15, 0.2) is 11.9 Å². The van der Waals surface area contributed by atoms with Gasteiger partial charge in [-0.25, -0.2) is 4.98 Å². The Labute approximate surface area is 132 Å². The quantitative estimate of drug-likeness (QED) is 0.687. The number of aromatic nitrogens is 2. The van der Waals surface area contributed by atoms with Gasteiger partial charge in [-0.15, -0.1) is 0 Å². The molecule has 0 amide bonds. The highest BCUT2D eigenvalue weighted by atomic mass is 16.7. The standard InChI is InChI=1S/C17H16N2O4/c20-9-15-22-10-17(23-15,11-4-2-1-3-5-11)16-18-13-7-6-12(21)8-14(13)19-16/h1-8,15,20-21H,9-10H2,(H,18,19)/t15-,17+/m1/s1. The van der Waals surface area contributed by atoms with Gasteiger partial charge in [-0.1, -0.05) is 30.3 Å². The van der Waals surface area contributed by atoms with Gasteiger partial charge < -0.3 is 24.7 Å². The minimum Gasteiger partial charge on any atom is -0.508 e. The summed E-state index contributed by atoms with van der Waals surface area (Å²) in [6, 6.07) is 14.6. The Kier molecular flexibility index (Phi) is 3.30. The van der Waals surface area contributed by atoms with Crippen LogP contribution in [-0.4, -0.2) is 39.7 Å². The van der Waals surface area contributed by atoms with Gasteiger partial charge in [0, 0.05) is 6.07 Å². The van der Waals surface area contributed by atoms with E-state index in [0.717, 1.165) is 11.1 Å². The number of aromatic hydroxyl groups is 1. The van der Waals surface area contributed by atoms with Crippen LogP contribution >= 0.6 is 0 Å². The van der Waals surface area contributed by atoms with E-state index in [1.54, 1.807) is 18.2 Å². The van der Waals surface area contributed by atoms with Crippen molar-refractivity contribution in [3.8, 4) is 5.75 Å². The molecule has 3 N–H and O–H groups in total. The van der Waals surface area contributed by atoms with E-state index in [0.29, 0.717) is 11.3 Å². The number of hydrogen-bond donors (Lipinski definition) is 3. The van der Waals surface area contributed by atoms with Crippen molar-refractivity contribution in [3.63, 3.8) is 0 Å². The molecular formula is C17H16N2O4. The van der Waals surface area contributed by atoms with Crippen molar-refractivity contribution in [2.75, 3.05) is 13.2 Å². The molecule has 1 aliphatic heterocycles. The predicted molar refractivity (Wildman–Crippen MR) is 82.9 cm³/mol. The minimum atomic E-state index is -0.913. The van der Waals surface area contributed by atoms with E-state index >= 15 is 0 Å². The number of phenols is 1. The van der Waals surface area contributed by atoms with E-state index in [9.17, 15) is 10.2 Å². The zero-order valence-corrected chi connectivity index (χ0v) is 12.3. The first-order valence-electron chi connectivity index (χ1n) is 7.36. The zero-order valence-electron chi connectivity index (χ0n) is 12.3. The Hall–Kier alpha value is -2.41. The maximum atomic E-state index is 9.63. The lowest BCUT2D eigenvalue weighted by molar-refractivity contribution is -0.107. The first kappa shape index (κ1) is 14.2. The van der Waals surface area contributed by atoms with Crippen LogP contribution in [-0.2, 0) is 15.1 Å². The summed E-state index contributed by atoms with van der Waals surface area (Å²) in [7, 11) is 0. The molecule has 1 saturated heterocycles. The molecule has 2 heterocycles. The van der Waals surface area contributed by atoms with Crippen molar-refractivity contribution in [1.29, 1.82) is 0 Å². The summed E-state index contributed by atoms with van der Waals surface area (Å²) >= 11 is 0.